The number of aromatic nitrogens is 2. The number of aliphatic hydroxyl groups excluding tert-OH is 1. The highest BCUT2D eigenvalue weighted by atomic mass is 79.9. The van der Waals surface area contributed by atoms with Crippen LogP contribution in [0, 0.1) is 11.6 Å². The van der Waals surface area contributed by atoms with Crippen LogP contribution in [0.4, 0.5) is 8.78 Å². The molecule has 0 aliphatic carbocycles. The van der Waals surface area contributed by atoms with E-state index in [-0.39, 0.29) is 17.8 Å². The second-order valence-electron chi connectivity index (χ2n) is 5.57. The average Bonchev–Trinajstić information content (AvgIpc) is 3.10. The number of hydrogen-bond acceptors (Lipinski definition) is 3. The molecule has 0 aliphatic rings. The Morgan fingerprint density at radius 3 is 2.62 bits per heavy atom. The van der Waals surface area contributed by atoms with Crippen LogP contribution in [0.25, 0.3) is 11.3 Å². The Morgan fingerprint density at radius 1 is 1.19 bits per heavy atom. The molecule has 134 valence electrons. The molecule has 1 aromatic heterocycles. The van der Waals surface area contributed by atoms with E-state index in [1.54, 1.807) is 6.07 Å². The molecule has 5 nitrogen and oxygen atoms in total. The fourth-order valence-electron chi connectivity index (χ4n) is 2.37. The maximum atomic E-state index is 13.6. The monoisotopic (exact) mass is 421 g/mol. The number of H-pyrrole nitrogens is 1. The largest absolute Gasteiger partial charge is 0.386 e. The van der Waals surface area contributed by atoms with Crippen molar-refractivity contribution >= 4 is 21.8 Å². The summed E-state index contributed by atoms with van der Waals surface area (Å²) in [5.41, 5.74) is 1.53. The highest BCUT2D eigenvalue weighted by Crippen LogP contribution is 2.21. The number of carbonyl (C=O) groups excluding carboxylic acids is 1. The zero-order valence-corrected chi connectivity index (χ0v) is 14.9. The van der Waals surface area contributed by atoms with Crippen LogP contribution in [0.5, 0.6) is 0 Å². The van der Waals surface area contributed by atoms with Crippen molar-refractivity contribution in [3.05, 3.63) is 75.9 Å². The van der Waals surface area contributed by atoms with E-state index < -0.39 is 23.6 Å². The summed E-state index contributed by atoms with van der Waals surface area (Å²) >= 11 is 3.35. The second kappa shape index (κ2) is 7.76. The van der Waals surface area contributed by atoms with Gasteiger partial charge in [-0.15, -0.1) is 0 Å². The summed E-state index contributed by atoms with van der Waals surface area (Å²) in [6.07, 6.45) is -1.30. The third-order valence-electron chi connectivity index (χ3n) is 3.74. The van der Waals surface area contributed by atoms with Gasteiger partial charge in [0, 0.05) is 28.2 Å². The van der Waals surface area contributed by atoms with E-state index in [1.807, 2.05) is 24.3 Å². The van der Waals surface area contributed by atoms with Crippen LogP contribution in [0.15, 0.2) is 53.0 Å². The van der Waals surface area contributed by atoms with Gasteiger partial charge in [0.1, 0.15) is 17.3 Å². The van der Waals surface area contributed by atoms with Crippen LogP contribution in [-0.2, 0) is 0 Å². The van der Waals surface area contributed by atoms with Crippen LogP contribution < -0.4 is 5.32 Å². The number of aliphatic hydroxyl groups is 1. The smallest absolute Gasteiger partial charge is 0.269 e. The fourth-order valence-corrected chi connectivity index (χ4v) is 2.64. The van der Waals surface area contributed by atoms with E-state index in [4.69, 9.17) is 0 Å². The molecule has 8 heteroatoms. The van der Waals surface area contributed by atoms with Gasteiger partial charge in [-0.05, 0) is 24.3 Å². The number of rotatable bonds is 5. The molecule has 26 heavy (non-hydrogen) atoms. The van der Waals surface area contributed by atoms with Gasteiger partial charge in [-0.1, -0.05) is 34.1 Å². The van der Waals surface area contributed by atoms with Crippen molar-refractivity contribution in [2.75, 3.05) is 6.54 Å². The minimum absolute atomic E-state index is 0.0909. The predicted octanol–water partition coefficient (Wildman–Crippen LogP) is 3.58. The Kier molecular flexibility index (Phi) is 5.43. The lowest BCUT2D eigenvalue weighted by atomic mass is 10.1. The molecule has 3 N–H and O–H groups in total. The lowest BCUT2D eigenvalue weighted by Gasteiger charge is -2.12. The molecule has 0 fully saturated rings. The number of nitrogens with zero attached hydrogens (tertiary/aromatic N) is 1. The molecule has 0 radical (unpaired) electrons. The second-order valence-corrected chi connectivity index (χ2v) is 6.48. The minimum Gasteiger partial charge on any atom is -0.386 e. The Bertz CT molecular complexity index is 928. The summed E-state index contributed by atoms with van der Waals surface area (Å²) < 4.78 is 27.5. The van der Waals surface area contributed by atoms with Gasteiger partial charge < -0.3 is 10.4 Å². The van der Waals surface area contributed by atoms with Crippen molar-refractivity contribution in [2.24, 2.45) is 0 Å². The van der Waals surface area contributed by atoms with E-state index in [0.717, 1.165) is 22.2 Å². The molecular formula is C18H14BrF2N3O2. The molecule has 3 aromatic rings. The van der Waals surface area contributed by atoms with E-state index in [2.05, 4.69) is 31.4 Å². The minimum atomic E-state index is -1.30. The topological polar surface area (TPSA) is 78.0 Å². The van der Waals surface area contributed by atoms with Crippen molar-refractivity contribution in [3.8, 4) is 11.3 Å². The highest BCUT2D eigenvalue weighted by molar-refractivity contribution is 9.10. The van der Waals surface area contributed by atoms with Gasteiger partial charge in [-0.25, -0.2) is 8.78 Å². The van der Waals surface area contributed by atoms with Crippen molar-refractivity contribution in [3.63, 3.8) is 0 Å². The first-order valence-electron chi connectivity index (χ1n) is 7.66. The van der Waals surface area contributed by atoms with E-state index in [9.17, 15) is 18.7 Å². The molecule has 0 aliphatic heterocycles. The maximum Gasteiger partial charge on any atom is 0.269 e. The normalized spacial score (nSPS) is 12.0. The molecule has 0 saturated carbocycles. The number of halogens is 3. The third-order valence-corrected chi connectivity index (χ3v) is 4.27. The van der Waals surface area contributed by atoms with Crippen LogP contribution in [0.2, 0.25) is 0 Å². The van der Waals surface area contributed by atoms with Crippen molar-refractivity contribution in [2.45, 2.75) is 6.10 Å². The number of hydrogen-bond donors (Lipinski definition) is 3. The lowest BCUT2D eigenvalue weighted by Crippen LogP contribution is -2.29. The van der Waals surface area contributed by atoms with E-state index in [1.165, 1.54) is 0 Å². The first kappa shape index (κ1) is 18.2. The van der Waals surface area contributed by atoms with Crippen LogP contribution in [0.3, 0.4) is 0 Å². The lowest BCUT2D eigenvalue weighted by molar-refractivity contribution is 0.0909. The van der Waals surface area contributed by atoms with E-state index >= 15 is 0 Å². The Hall–Kier alpha value is -2.58. The third kappa shape index (κ3) is 4.14. The standard InChI is InChI=1S/C18H14BrF2N3O2/c19-11-3-1-10(2-4-11)15-8-16(24-23-15)18(26)22-9-17(25)13-6-5-12(20)7-14(13)21/h1-8,17,25H,9H2,(H,22,26)(H,23,24). The molecule has 3 rings (SSSR count). The van der Waals surface area contributed by atoms with Crippen molar-refractivity contribution in [1.82, 2.24) is 15.5 Å². The first-order valence-corrected chi connectivity index (χ1v) is 8.46. The van der Waals surface area contributed by atoms with Crippen molar-refractivity contribution in [1.29, 1.82) is 0 Å². The van der Waals surface area contributed by atoms with Gasteiger partial charge in [0.15, 0.2) is 0 Å². The fraction of sp³-hybridized carbons (Fsp3) is 0.111. The zero-order valence-electron chi connectivity index (χ0n) is 13.3. The summed E-state index contributed by atoms with van der Waals surface area (Å²) in [4.78, 5) is 12.2. The van der Waals surface area contributed by atoms with Crippen molar-refractivity contribution < 1.29 is 18.7 Å². The molecule has 1 atom stereocenters. The summed E-state index contributed by atoms with van der Waals surface area (Å²) in [5.74, 6) is -2.10. The SMILES string of the molecule is O=C(NCC(O)c1ccc(F)cc1F)c1cc(-c2ccc(Br)cc2)n[nH]1. The zero-order chi connectivity index (χ0) is 18.7. The number of carbonyl (C=O) groups is 1. The summed E-state index contributed by atoms with van der Waals surface area (Å²) in [6.45, 7) is -0.228. The number of aromatic amines is 1. The molecule has 0 saturated heterocycles. The van der Waals surface area contributed by atoms with E-state index in [0.29, 0.717) is 11.8 Å². The van der Waals surface area contributed by atoms with Crippen LogP contribution in [0.1, 0.15) is 22.2 Å². The first-order chi connectivity index (χ1) is 12.4. The molecular weight excluding hydrogens is 408 g/mol. The van der Waals surface area contributed by atoms with Crippen LogP contribution >= 0.6 is 15.9 Å². The van der Waals surface area contributed by atoms with Gasteiger partial charge in [-0.3, -0.25) is 9.89 Å². The molecule has 1 heterocycles. The Labute approximate surface area is 156 Å². The molecule has 2 aromatic carbocycles. The van der Waals surface area contributed by atoms with Crippen LogP contribution in [-0.4, -0.2) is 27.8 Å². The Balaban J connectivity index is 1.64. The summed E-state index contributed by atoms with van der Waals surface area (Å²) in [5, 5.41) is 19.2. The predicted molar refractivity (Wildman–Crippen MR) is 95.4 cm³/mol. The Morgan fingerprint density at radius 2 is 1.92 bits per heavy atom. The molecule has 0 bridgehead atoms. The number of benzene rings is 2. The summed E-state index contributed by atoms with van der Waals surface area (Å²) in [6, 6.07) is 11.9. The highest BCUT2D eigenvalue weighted by Gasteiger charge is 2.16. The average molecular weight is 422 g/mol. The maximum absolute atomic E-state index is 13.6. The molecule has 1 unspecified atom stereocenters. The summed E-state index contributed by atoms with van der Waals surface area (Å²) in [7, 11) is 0. The molecule has 0 spiro atoms. The molecule has 1 amide bonds. The quantitative estimate of drug-likeness (QED) is 0.588. The number of nitrogens with one attached hydrogen (secondary N) is 2. The van der Waals surface area contributed by atoms with Gasteiger partial charge in [-0.2, -0.15) is 5.10 Å². The number of amides is 1. The van der Waals surface area contributed by atoms with Gasteiger partial charge in [0.2, 0.25) is 0 Å². The van der Waals surface area contributed by atoms with Gasteiger partial charge in [0.25, 0.3) is 5.91 Å². The van der Waals surface area contributed by atoms with Gasteiger partial charge >= 0.3 is 0 Å². The van der Waals surface area contributed by atoms with Gasteiger partial charge in [0.05, 0.1) is 11.8 Å².